The summed E-state index contributed by atoms with van der Waals surface area (Å²) in [4.78, 5) is 18.5. The molecule has 5 aromatic rings. The van der Waals surface area contributed by atoms with E-state index in [9.17, 15) is 4.79 Å². The van der Waals surface area contributed by atoms with Gasteiger partial charge in [-0.1, -0.05) is 54.6 Å². The molecule has 41 heavy (non-hydrogen) atoms. The molecule has 0 spiro atoms. The number of anilines is 2. The summed E-state index contributed by atoms with van der Waals surface area (Å²) in [6.45, 7) is 8.30. The van der Waals surface area contributed by atoms with E-state index in [0.29, 0.717) is 35.4 Å². The average molecular weight is 553 g/mol. The number of para-hydroxylation sites is 1. The maximum atomic E-state index is 13.6. The van der Waals surface area contributed by atoms with Gasteiger partial charge in [-0.15, -0.1) is 5.10 Å². The van der Waals surface area contributed by atoms with Gasteiger partial charge in [0, 0.05) is 11.8 Å². The molecule has 1 fully saturated rings. The molecule has 1 aliphatic heterocycles. The van der Waals surface area contributed by atoms with Crippen LogP contribution in [0.5, 0.6) is 5.88 Å². The summed E-state index contributed by atoms with van der Waals surface area (Å²) >= 11 is 0. The minimum Gasteiger partial charge on any atom is -0.473 e. The van der Waals surface area contributed by atoms with Crippen molar-refractivity contribution in [2.24, 2.45) is 0 Å². The fraction of sp³-hybridized carbons (Fsp3) is 0.258. The molecule has 0 aliphatic carbocycles. The molecule has 0 unspecified atom stereocenters. The first-order valence-corrected chi connectivity index (χ1v) is 13.5. The fourth-order valence-electron chi connectivity index (χ4n) is 4.90. The number of nitrogens with one attached hydrogen (secondary N) is 2. The fourth-order valence-corrected chi connectivity index (χ4v) is 4.90. The molecular formula is C31H32N6O4. The quantitative estimate of drug-likeness (QED) is 0.258. The third kappa shape index (κ3) is 5.39. The van der Waals surface area contributed by atoms with Crippen LogP contribution in [0.3, 0.4) is 0 Å². The number of rotatable bonds is 7. The first kappa shape index (κ1) is 26.5. The van der Waals surface area contributed by atoms with E-state index in [1.807, 2.05) is 111 Å². The number of hydrogen-bond acceptors (Lipinski definition) is 6. The Hall–Kier alpha value is -4.67. The van der Waals surface area contributed by atoms with E-state index >= 15 is 0 Å². The van der Waals surface area contributed by atoms with E-state index in [2.05, 4.69) is 10.6 Å². The predicted molar refractivity (Wildman–Crippen MR) is 157 cm³/mol. The lowest BCUT2D eigenvalue weighted by Crippen LogP contribution is -2.25. The Morgan fingerprint density at radius 2 is 1.71 bits per heavy atom. The molecule has 10 nitrogen and oxygen atoms in total. The Balaban J connectivity index is 1.31. The Labute approximate surface area is 237 Å². The highest BCUT2D eigenvalue weighted by Gasteiger charge is 2.33. The van der Waals surface area contributed by atoms with Crippen LogP contribution < -0.4 is 15.4 Å². The molecule has 210 valence electrons. The molecular weight excluding hydrogens is 520 g/mol. The van der Waals surface area contributed by atoms with Gasteiger partial charge in [0.2, 0.25) is 5.88 Å². The number of urea groups is 1. The van der Waals surface area contributed by atoms with Crippen LogP contribution in [0, 0.1) is 13.8 Å². The number of nitrogens with zero attached hydrogens (tertiary/aromatic N) is 4. The highest BCUT2D eigenvalue weighted by Crippen LogP contribution is 2.32. The lowest BCUT2D eigenvalue weighted by Gasteiger charge is -2.17. The van der Waals surface area contributed by atoms with Gasteiger partial charge >= 0.3 is 6.03 Å². The molecule has 0 saturated carbocycles. The average Bonchev–Trinajstić information content (AvgIpc) is 3.62. The Morgan fingerprint density at radius 3 is 2.41 bits per heavy atom. The number of carbonyl (C=O) groups excluding carboxylic acids is 1. The third-order valence-corrected chi connectivity index (χ3v) is 6.91. The van der Waals surface area contributed by atoms with E-state index in [1.54, 1.807) is 4.68 Å². The van der Waals surface area contributed by atoms with E-state index in [1.165, 1.54) is 0 Å². The highest BCUT2D eigenvalue weighted by molar-refractivity contribution is 6.02. The van der Waals surface area contributed by atoms with Gasteiger partial charge < -0.3 is 14.2 Å². The van der Waals surface area contributed by atoms with Crippen LogP contribution in [0.15, 0.2) is 79.0 Å². The minimum absolute atomic E-state index is 0.221. The van der Waals surface area contributed by atoms with Crippen molar-refractivity contribution in [1.29, 1.82) is 0 Å². The monoisotopic (exact) mass is 552 g/mol. The van der Waals surface area contributed by atoms with E-state index in [-0.39, 0.29) is 12.7 Å². The van der Waals surface area contributed by atoms with Gasteiger partial charge in [-0.25, -0.2) is 14.5 Å². The van der Waals surface area contributed by atoms with Crippen molar-refractivity contribution in [3.63, 3.8) is 0 Å². The minimum atomic E-state index is -0.647. The number of aromatic nitrogens is 4. The normalized spacial score (nSPS) is 16.1. The first-order valence-electron chi connectivity index (χ1n) is 13.5. The van der Waals surface area contributed by atoms with Gasteiger partial charge in [0.25, 0.3) is 0 Å². The summed E-state index contributed by atoms with van der Waals surface area (Å²) in [5.74, 6) is 0.798. The smallest absolute Gasteiger partial charge is 0.326 e. The third-order valence-electron chi connectivity index (χ3n) is 6.91. The number of hydrogen-bond donors (Lipinski definition) is 2. The van der Waals surface area contributed by atoms with E-state index in [0.717, 1.165) is 22.5 Å². The maximum absolute atomic E-state index is 13.6. The molecule has 1 aliphatic rings. The number of imidazole rings is 1. The molecule has 2 amide bonds. The number of ether oxygens (including phenoxy) is 3. The van der Waals surface area contributed by atoms with Crippen LogP contribution in [0.1, 0.15) is 25.0 Å². The van der Waals surface area contributed by atoms with Crippen molar-refractivity contribution >= 4 is 23.3 Å². The molecule has 4 heterocycles. The molecule has 3 aromatic heterocycles. The molecule has 10 heteroatoms. The standard InChI is InChI=1S/C31H32N6O4/c1-20-12-11-17-36-26(20)32-25(22-13-7-5-8-14-22)28(36)34-30(38)33-27-21(2)29(35-37(27)23-15-9-6-10-16-23)39-18-24-19-40-31(3,4)41-24/h5-17,24H,18-19H2,1-4H3,(H2,33,34,38)/t24-/m0/s1. The Morgan fingerprint density at radius 1 is 1.00 bits per heavy atom. The Kier molecular flexibility index (Phi) is 6.94. The summed E-state index contributed by atoms with van der Waals surface area (Å²) in [6.07, 6.45) is 1.67. The highest BCUT2D eigenvalue weighted by atomic mass is 16.7. The number of benzene rings is 2. The second kappa shape index (κ2) is 10.7. The van der Waals surface area contributed by atoms with Crippen molar-refractivity contribution in [3.05, 3.63) is 90.1 Å². The second-order valence-corrected chi connectivity index (χ2v) is 10.4. The van der Waals surface area contributed by atoms with Crippen LogP contribution in [-0.4, -0.2) is 50.3 Å². The number of amides is 2. The van der Waals surface area contributed by atoms with Crippen molar-refractivity contribution in [2.75, 3.05) is 23.8 Å². The first-order chi connectivity index (χ1) is 19.8. The summed E-state index contributed by atoms with van der Waals surface area (Å²) in [7, 11) is 0. The van der Waals surface area contributed by atoms with Gasteiger partial charge in [-0.05, 0) is 51.5 Å². The van der Waals surface area contributed by atoms with Crippen LogP contribution >= 0.6 is 0 Å². The summed E-state index contributed by atoms with van der Waals surface area (Å²) in [6, 6.07) is 22.8. The largest absolute Gasteiger partial charge is 0.473 e. The summed E-state index contributed by atoms with van der Waals surface area (Å²) in [5.41, 5.74) is 4.79. The predicted octanol–water partition coefficient (Wildman–Crippen LogP) is 5.98. The Bertz CT molecular complexity index is 1690. The van der Waals surface area contributed by atoms with Gasteiger partial charge in [0.15, 0.2) is 5.79 Å². The zero-order valence-electron chi connectivity index (χ0n) is 23.4. The van der Waals surface area contributed by atoms with Crippen LogP contribution in [-0.2, 0) is 9.47 Å². The number of pyridine rings is 1. The van der Waals surface area contributed by atoms with Crippen LogP contribution in [0.25, 0.3) is 22.6 Å². The van der Waals surface area contributed by atoms with Crippen molar-refractivity contribution in [1.82, 2.24) is 19.2 Å². The topological polar surface area (TPSA) is 104 Å². The van der Waals surface area contributed by atoms with Gasteiger partial charge in [0.1, 0.15) is 35.7 Å². The molecule has 0 radical (unpaired) electrons. The van der Waals surface area contributed by atoms with Gasteiger partial charge in [-0.2, -0.15) is 0 Å². The van der Waals surface area contributed by atoms with Gasteiger partial charge in [0.05, 0.1) is 17.9 Å². The van der Waals surface area contributed by atoms with E-state index < -0.39 is 11.8 Å². The summed E-state index contributed by atoms with van der Waals surface area (Å²) in [5, 5.41) is 10.7. The van der Waals surface area contributed by atoms with E-state index in [4.69, 9.17) is 24.3 Å². The zero-order chi connectivity index (χ0) is 28.6. The number of aryl methyl sites for hydroxylation is 1. The number of fused-ring (bicyclic) bond motifs is 1. The molecule has 0 bridgehead atoms. The maximum Gasteiger partial charge on any atom is 0.326 e. The number of carbonyl (C=O) groups is 1. The molecule has 1 atom stereocenters. The van der Waals surface area contributed by atoms with Crippen LogP contribution in [0.2, 0.25) is 0 Å². The van der Waals surface area contributed by atoms with Gasteiger partial charge in [-0.3, -0.25) is 15.0 Å². The molecule has 2 N–H and O–H groups in total. The molecule has 2 aromatic carbocycles. The zero-order valence-corrected chi connectivity index (χ0v) is 23.4. The second-order valence-electron chi connectivity index (χ2n) is 10.4. The van der Waals surface area contributed by atoms with Crippen molar-refractivity contribution in [2.45, 2.75) is 39.6 Å². The molecule has 1 saturated heterocycles. The lowest BCUT2D eigenvalue weighted by atomic mass is 10.1. The van der Waals surface area contributed by atoms with Crippen molar-refractivity contribution < 1.29 is 19.0 Å². The lowest BCUT2D eigenvalue weighted by molar-refractivity contribution is -0.141. The SMILES string of the molecule is Cc1c(OC[C@H]2COC(C)(C)O2)nn(-c2ccccc2)c1NC(=O)Nc1c(-c2ccccc2)nc2c(C)cccn12. The summed E-state index contributed by atoms with van der Waals surface area (Å²) < 4.78 is 21.1. The van der Waals surface area contributed by atoms with Crippen LogP contribution in [0.4, 0.5) is 16.4 Å². The molecule has 6 rings (SSSR count). The van der Waals surface area contributed by atoms with Crippen molar-refractivity contribution in [3.8, 4) is 22.8 Å².